The first kappa shape index (κ1) is 20.7. The van der Waals surface area contributed by atoms with E-state index in [0.29, 0.717) is 11.1 Å². The van der Waals surface area contributed by atoms with E-state index >= 15 is 0 Å². The molecule has 0 bridgehead atoms. The van der Waals surface area contributed by atoms with Gasteiger partial charge in [0.15, 0.2) is 11.5 Å². The van der Waals surface area contributed by atoms with Crippen LogP contribution in [0.5, 0.6) is 5.75 Å². The number of carbonyl (C=O) groups is 1. The summed E-state index contributed by atoms with van der Waals surface area (Å²) in [5.74, 6) is -0.399. The number of likely N-dealkylation sites (N-methyl/N-ethyl adjacent to an activating group) is 1. The molecule has 1 atom stereocenters. The Morgan fingerprint density at radius 1 is 1.17 bits per heavy atom. The van der Waals surface area contributed by atoms with Gasteiger partial charge in [-0.3, -0.25) is 9.69 Å². The topological polar surface area (TPSA) is 77.2 Å². The van der Waals surface area contributed by atoms with Crippen molar-refractivity contribution in [3.05, 3.63) is 65.2 Å². The number of rotatable bonds is 8. The first-order valence-electron chi connectivity index (χ1n) is 8.80. The van der Waals surface area contributed by atoms with Crippen molar-refractivity contribution in [2.75, 3.05) is 20.3 Å². The summed E-state index contributed by atoms with van der Waals surface area (Å²) in [5.41, 5.74) is 6.14. The van der Waals surface area contributed by atoms with E-state index in [4.69, 9.17) is 10.5 Å². The van der Waals surface area contributed by atoms with Crippen molar-refractivity contribution in [3.8, 4) is 5.75 Å². The Hall–Kier alpha value is -3.07. The number of amides is 1. The minimum absolute atomic E-state index is 0.0296. The summed E-state index contributed by atoms with van der Waals surface area (Å²) in [7, 11) is 1.51. The predicted octanol–water partition coefficient (Wildman–Crippen LogP) is 2.80. The van der Waals surface area contributed by atoms with Crippen LogP contribution < -0.4 is 10.5 Å². The summed E-state index contributed by atoms with van der Waals surface area (Å²) in [6.07, 6.45) is 0. The number of nitrogens with two attached hydrogens (primary N) is 1. The highest BCUT2D eigenvalue weighted by atomic mass is 19.3. The molecule has 0 aliphatic carbocycles. The molecule has 154 valence electrons. The fourth-order valence-electron chi connectivity index (χ4n) is 3.19. The summed E-state index contributed by atoms with van der Waals surface area (Å²) in [4.78, 5) is 18.8. The van der Waals surface area contributed by atoms with E-state index < -0.39 is 18.8 Å². The number of aliphatic imine (C=N–C) groups is 1. The van der Waals surface area contributed by atoms with Gasteiger partial charge in [0.1, 0.15) is 12.4 Å². The molecule has 1 unspecified atom stereocenters. The first-order chi connectivity index (χ1) is 13.9. The maximum Gasteiger partial charge on any atom is 0.387 e. The Balaban J connectivity index is 2.05. The number of alkyl halides is 3. The molecular weight excluding hydrogens is 387 g/mol. The van der Waals surface area contributed by atoms with Gasteiger partial charge in [0, 0.05) is 7.05 Å². The summed E-state index contributed by atoms with van der Waals surface area (Å²) in [6, 6.07) is 12.6. The molecular formula is C20H20F3N3O3. The lowest BCUT2D eigenvalue weighted by molar-refractivity contribution is -0.129. The second-order valence-electron chi connectivity index (χ2n) is 6.39. The van der Waals surface area contributed by atoms with E-state index in [1.54, 1.807) is 24.3 Å². The van der Waals surface area contributed by atoms with Gasteiger partial charge in [-0.25, -0.2) is 9.38 Å². The molecule has 0 saturated heterocycles. The Morgan fingerprint density at radius 2 is 1.90 bits per heavy atom. The van der Waals surface area contributed by atoms with E-state index in [2.05, 4.69) is 9.73 Å². The maximum absolute atomic E-state index is 13.2. The number of halogens is 3. The van der Waals surface area contributed by atoms with Crippen LogP contribution in [0.4, 0.5) is 13.2 Å². The molecule has 0 spiro atoms. The number of nitrogens with zero attached hydrogens (tertiary/aromatic N) is 2. The zero-order valence-electron chi connectivity index (χ0n) is 15.6. The normalized spacial score (nSPS) is 19.0. The fraction of sp³-hybridized carbons (Fsp3) is 0.300. The molecule has 0 radical (unpaired) electrons. The molecule has 9 heteroatoms. The molecule has 1 aliphatic heterocycles. The quantitative estimate of drug-likeness (QED) is 0.683. The first-order valence-corrected chi connectivity index (χ1v) is 8.80. The third-order valence-corrected chi connectivity index (χ3v) is 4.57. The molecule has 2 aromatic rings. The van der Waals surface area contributed by atoms with Gasteiger partial charge in [0.2, 0.25) is 0 Å². The second-order valence-corrected chi connectivity index (χ2v) is 6.39. The van der Waals surface area contributed by atoms with Crippen LogP contribution in [0.3, 0.4) is 0 Å². The van der Waals surface area contributed by atoms with Crippen LogP contribution in [0.2, 0.25) is 0 Å². The van der Waals surface area contributed by atoms with Gasteiger partial charge in [-0.05, 0) is 28.8 Å². The highest BCUT2D eigenvalue weighted by molar-refractivity contribution is 6.08. The van der Waals surface area contributed by atoms with Crippen LogP contribution in [0.25, 0.3) is 0 Å². The van der Waals surface area contributed by atoms with Crippen molar-refractivity contribution >= 4 is 11.9 Å². The molecule has 3 rings (SSSR count). The minimum Gasteiger partial charge on any atom is -0.435 e. The molecule has 2 aromatic carbocycles. The smallest absolute Gasteiger partial charge is 0.387 e. The van der Waals surface area contributed by atoms with E-state index in [0.717, 1.165) is 5.56 Å². The lowest BCUT2D eigenvalue weighted by atomic mass is 9.82. The molecule has 2 N–H and O–H groups in total. The van der Waals surface area contributed by atoms with Crippen molar-refractivity contribution in [1.29, 1.82) is 0 Å². The van der Waals surface area contributed by atoms with Crippen molar-refractivity contribution in [2.24, 2.45) is 10.7 Å². The molecule has 1 aliphatic rings. The van der Waals surface area contributed by atoms with Gasteiger partial charge in [-0.2, -0.15) is 8.78 Å². The standard InChI is InChI=1S/C20H20F3N3O3/c1-26-17(27)20(25-19(26)24,14-5-7-16(8-6-14)29-18(22)23)15-4-2-3-13(11-15)12-28-10-9-21/h2-8,11,18H,9-10,12H2,1H3,(H2,24,25). The van der Waals surface area contributed by atoms with Crippen LogP contribution >= 0.6 is 0 Å². The Morgan fingerprint density at radius 3 is 2.48 bits per heavy atom. The SMILES string of the molecule is CN1C(=O)C(c2ccc(OC(F)F)cc2)(c2cccc(COCCF)c2)N=C1N. The highest BCUT2D eigenvalue weighted by Crippen LogP contribution is 2.40. The molecule has 1 amide bonds. The Kier molecular flexibility index (Phi) is 6.07. The van der Waals surface area contributed by atoms with Crippen LogP contribution in [-0.2, 0) is 21.7 Å². The van der Waals surface area contributed by atoms with E-state index in [-0.39, 0.29) is 30.8 Å². The third kappa shape index (κ3) is 4.04. The van der Waals surface area contributed by atoms with Crippen molar-refractivity contribution in [3.63, 3.8) is 0 Å². The average Bonchev–Trinajstić information content (AvgIpc) is 2.93. The lowest BCUT2D eigenvalue weighted by Gasteiger charge is -2.26. The second kappa shape index (κ2) is 8.52. The van der Waals surface area contributed by atoms with Crippen molar-refractivity contribution in [1.82, 2.24) is 4.90 Å². The van der Waals surface area contributed by atoms with Gasteiger partial charge >= 0.3 is 6.61 Å². The largest absolute Gasteiger partial charge is 0.435 e. The van der Waals surface area contributed by atoms with Gasteiger partial charge in [-0.1, -0.05) is 36.4 Å². The Labute approximate surface area is 165 Å². The monoisotopic (exact) mass is 407 g/mol. The number of guanidine groups is 1. The molecule has 0 aromatic heterocycles. The summed E-state index contributed by atoms with van der Waals surface area (Å²) >= 11 is 0. The van der Waals surface area contributed by atoms with Gasteiger partial charge < -0.3 is 15.2 Å². The van der Waals surface area contributed by atoms with Gasteiger partial charge in [0.05, 0.1) is 13.2 Å². The molecule has 0 saturated carbocycles. The minimum atomic E-state index is -2.95. The number of hydrogen-bond donors (Lipinski definition) is 1. The van der Waals surface area contributed by atoms with E-state index in [9.17, 15) is 18.0 Å². The van der Waals surface area contributed by atoms with Crippen LogP contribution in [0, 0.1) is 0 Å². The summed E-state index contributed by atoms with van der Waals surface area (Å²) < 4.78 is 46.8. The van der Waals surface area contributed by atoms with Crippen LogP contribution in [0.1, 0.15) is 16.7 Å². The van der Waals surface area contributed by atoms with E-state index in [1.165, 1.54) is 36.2 Å². The maximum atomic E-state index is 13.2. The zero-order valence-corrected chi connectivity index (χ0v) is 15.6. The third-order valence-electron chi connectivity index (χ3n) is 4.57. The number of carbonyl (C=O) groups excluding carboxylic acids is 1. The Bertz CT molecular complexity index is 905. The predicted molar refractivity (Wildman–Crippen MR) is 100 cm³/mol. The van der Waals surface area contributed by atoms with Crippen LogP contribution in [-0.4, -0.2) is 43.7 Å². The number of hydrogen-bond acceptors (Lipinski definition) is 5. The summed E-state index contributed by atoms with van der Waals surface area (Å²) in [6.45, 7) is -3.42. The molecule has 29 heavy (non-hydrogen) atoms. The van der Waals surface area contributed by atoms with Crippen molar-refractivity contribution in [2.45, 2.75) is 18.8 Å². The number of benzene rings is 2. The fourth-order valence-corrected chi connectivity index (χ4v) is 3.19. The summed E-state index contributed by atoms with van der Waals surface area (Å²) in [5, 5.41) is 0. The number of ether oxygens (including phenoxy) is 2. The molecule has 1 heterocycles. The zero-order chi connectivity index (χ0) is 21.0. The van der Waals surface area contributed by atoms with Crippen molar-refractivity contribution < 1.29 is 27.4 Å². The van der Waals surface area contributed by atoms with Gasteiger partial charge in [-0.15, -0.1) is 0 Å². The average molecular weight is 407 g/mol. The highest BCUT2D eigenvalue weighted by Gasteiger charge is 2.49. The van der Waals surface area contributed by atoms with E-state index in [1.807, 2.05) is 0 Å². The molecule has 0 fully saturated rings. The lowest BCUT2D eigenvalue weighted by Crippen LogP contribution is -2.41. The molecule has 6 nitrogen and oxygen atoms in total. The van der Waals surface area contributed by atoms with Crippen LogP contribution in [0.15, 0.2) is 53.5 Å². The van der Waals surface area contributed by atoms with Gasteiger partial charge in [0.25, 0.3) is 5.91 Å².